The Balaban J connectivity index is 2.98. The van der Waals surface area contributed by atoms with E-state index in [-0.39, 0.29) is 12.2 Å². The smallest absolute Gasteiger partial charge is 0.394 e. The molecule has 1 unspecified atom stereocenters. The molecule has 0 aromatic heterocycles. The van der Waals surface area contributed by atoms with E-state index in [4.69, 9.17) is 10.2 Å². The summed E-state index contributed by atoms with van der Waals surface area (Å²) in [5.41, 5.74) is -1.28. The number of nitrogens with one attached hydrogen (secondary N) is 1. The first-order chi connectivity index (χ1) is 8.25. The molecule has 0 spiro atoms. The van der Waals surface area contributed by atoms with Crippen molar-refractivity contribution in [2.75, 3.05) is 18.5 Å². The number of hydrogen-bond acceptors (Lipinski definition) is 3. The molecule has 8 heteroatoms. The van der Waals surface area contributed by atoms with Gasteiger partial charge in [-0.1, -0.05) is 0 Å². The Morgan fingerprint density at radius 1 is 1.33 bits per heavy atom. The molecule has 0 aliphatic carbocycles. The van der Waals surface area contributed by atoms with E-state index in [9.17, 15) is 17.6 Å². The third-order valence-electron chi connectivity index (χ3n) is 2.09. The largest absolute Gasteiger partial charge is 0.417 e. The molecule has 18 heavy (non-hydrogen) atoms. The van der Waals surface area contributed by atoms with Gasteiger partial charge in [0.15, 0.2) is 0 Å². The van der Waals surface area contributed by atoms with Crippen molar-refractivity contribution in [2.45, 2.75) is 12.3 Å². The molecular weight excluding hydrogens is 322 g/mol. The maximum Gasteiger partial charge on any atom is 0.417 e. The third kappa shape index (κ3) is 3.82. The standard InChI is InChI=1S/C10H10BrF4NO2/c11-9-7(10(13,14)15)1-5(2-8(9)12)16-3-6(18)4-17/h1-2,6,16-18H,3-4H2. The topological polar surface area (TPSA) is 52.5 Å². The quantitative estimate of drug-likeness (QED) is 0.742. The zero-order chi connectivity index (χ0) is 13.9. The molecule has 0 aliphatic rings. The van der Waals surface area contributed by atoms with Crippen LogP contribution in [-0.2, 0) is 6.18 Å². The minimum atomic E-state index is -4.69. The molecule has 0 saturated heterocycles. The lowest BCUT2D eigenvalue weighted by Gasteiger charge is -2.14. The number of alkyl halides is 3. The highest BCUT2D eigenvalue weighted by Crippen LogP contribution is 2.37. The normalized spacial score (nSPS) is 13.5. The summed E-state index contributed by atoms with van der Waals surface area (Å²) in [5.74, 6) is -1.06. The Labute approximate surface area is 109 Å². The summed E-state index contributed by atoms with van der Waals surface area (Å²) in [6.45, 7) is -0.729. The minimum absolute atomic E-state index is 0.129. The van der Waals surface area contributed by atoms with Gasteiger partial charge in [-0.2, -0.15) is 13.2 Å². The van der Waals surface area contributed by atoms with E-state index >= 15 is 0 Å². The molecule has 0 radical (unpaired) electrons. The molecular formula is C10H10BrF4NO2. The van der Waals surface area contributed by atoms with Crippen LogP contribution in [-0.4, -0.2) is 29.5 Å². The molecule has 0 saturated carbocycles. The van der Waals surface area contributed by atoms with E-state index in [0.29, 0.717) is 0 Å². The van der Waals surface area contributed by atoms with Crippen molar-refractivity contribution >= 4 is 21.6 Å². The van der Waals surface area contributed by atoms with E-state index in [1.54, 1.807) is 0 Å². The van der Waals surface area contributed by atoms with Crippen LogP contribution >= 0.6 is 15.9 Å². The van der Waals surface area contributed by atoms with E-state index in [2.05, 4.69) is 21.2 Å². The summed E-state index contributed by atoms with van der Waals surface area (Å²) < 4.78 is 50.3. The second-order valence-corrected chi connectivity index (χ2v) is 4.33. The molecule has 0 amide bonds. The summed E-state index contributed by atoms with van der Waals surface area (Å²) in [7, 11) is 0. The van der Waals surface area contributed by atoms with Gasteiger partial charge in [-0.3, -0.25) is 0 Å². The summed E-state index contributed by atoms with van der Waals surface area (Å²) in [5, 5.41) is 20.0. The maximum atomic E-state index is 13.3. The van der Waals surface area contributed by atoms with Crippen LogP contribution in [0.1, 0.15) is 5.56 Å². The number of benzene rings is 1. The van der Waals surface area contributed by atoms with Crippen molar-refractivity contribution in [3.05, 3.63) is 28.0 Å². The third-order valence-corrected chi connectivity index (χ3v) is 2.89. The van der Waals surface area contributed by atoms with Crippen molar-refractivity contribution in [1.82, 2.24) is 0 Å². The predicted octanol–water partition coefficient (Wildman–Crippen LogP) is 2.37. The SMILES string of the molecule is OCC(O)CNc1cc(F)c(Br)c(C(F)(F)F)c1. The molecule has 1 rings (SSSR count). The second kappa shape index (κ2) is 5.85. The van der Waals surface area contributed by atoms with Crippen molar-refractivity contribution in [3.8, 4) is 0 Å². The van der Waals surface area contributed by atoms with Crippen LogP contribution in [0.2, 0.25) is 0 Å². The van der Waals surface area contributed by atoms with E-state index < -0.39 is 34.7 Å². The fourth-order valence-corrected chi connectivity index (χ4v) is 1.65. The lowest BCUT2D eigenvalue weighted by molar-refractivity contribution is -0.138. The zero-order valence-electron chi connectivity index (χ0n) is 8.93. The van der Waals surface area contributed by atoms with Crippen LogP contribution in [0.4, 0.5) is 23.2 Å². The van der Waals surface area contributed by atoms with Gasteiger partial charge in [0.05, 0.1) is 22.7 Å². The van der Waals surface area contributed by atoms with Crippen LogP contribution in [0.25, 0.3) is 0 Å². The van der Waals surface area contributed by atoms with Gasteiger partial charge in [0, 0.05) is 12.2 Å². The molecule has 1 aromatic rings. The number of rotatable bonds is 4. The first-order valence-electron chi connectivity index (χ1n) is 4.84. The lowest BCUT2D eigenvalue weighted by atomic mass is 10.2. The van der Waals surface area contributed by atoms with E-state index in [1.807, 2.05) is 0 Å². The number of anilines is 1. The molecule has 0 aliphatic heterocycles. The highest BCUT2D eigenvalue weighted by Gasteiger charge is 2.34. The minimum Gasteiger partial charge on any atom is -0.394 e. The lowest BCUT2D eigenvalue weighted by Crippen LogP contribution is -2.23. The molecule has 3 nitrogen and oxygen atoms in total. The van der Waals surface area contributed by atoms with E-state index in [1.165, 1.54) is 0 Å². The van der Waals surface area contributed by atoms with E-state index in [0.717, 1.165) is 12.1 Å². The molecule has 0 heterocycles. The maximum absolute atomic E-state index is 13.3. The van der Waals surface area contributed by atoms with Gasteiger partial charge in [0.25, 0.3) is 0 Å². The molecule has 0 fully saturated rings. The molecule has 102 valence electrons. The second-order valence-electron chi connectivity index (χ2n) is 3.53. The Kier molecular flexibility index (Phi) is 4.94. The summed E-state index contributed by atoms with van der Waals surface area (Å²) >= 11 is 2.53. The van der Waals surface area contributed by atoms with Gasteiger partial charge >= 0.3 is 6.18 Å². The number of halogens is 5. The molecule has 3 N–H and O–H groups in total. The Morgan fingerprint density at radius 2 is 1.94 bits per heavy atom. The van der Waals surface area contributed by atoms with Crippen molar-refractivity contribution in [1.29, 1.82) is 0 Å². The van der Waals surface area contributed by atoms with Crippen LogP contribution in [0, 0.1) is 5.82 Å². The number of hydrogen-bond donors (Lipinski definition) is 3. The fourth-order valence-electron chi connectivity index (χ4n) is 1.20. The predicted molar refractivity (Wildman–Crippen MR) is 60.7 cm³/mol. The fraction of sp³-hybridized carbons (Fsp3) is 0.400. The Hall–Kier alpha value is -0.860. The van der Waals surface area contributed by atoms with Crippen LogP contribution in [0.15, 0.2) is 16.6 Å². The van der Waals surface area contributed by atoms with Crippen LogP contribution < -0.4 is 5.32 Å². The monoisotopic (exact) mass is 331 g/mol. The molecule has 0 bridgehead atoms. The van der Waals surface area contributed by atoms with Gasteiger partial charge in [-0.15, -0.1) is 0 Å². The van der Waals surface area contributed by atoms with Crippen molar-refractivity contribution in [2.24, 2.45) is 0 Å². The average molecular weight is 332 g/mol. The van der Waals surface area contributed by atoms with Gasteiger partial charge in [0.2, 0.25) is 0 Å². The highest BCUT2D eigenvalue weighted by molar-refractivity contribution is 9.10. The van der Waals surface area contributed by atoms with Gasteiger partial charge in [-0.05, 0) is 28.1 Å². The number of aliphatic hydroxyl groups is 2. The van der Waals surface area contributed by atoms with Crippen molar-refractivity contribution in [3.63, 3.8) is 0 Å². The van der Waals surface area contributed by atoms with Gasteiger partial charge in [0.1, 0.15) is 5.82 Å². The summed E-state index contributed by atoms with van der Waals surface area (Å²) in [6, 6.07) is 1.58. The summed E-state index contributed by atoms with van der Waals surface area (Å²) in [4.78, 5) is 0. The van der Waals surface area contributed by atoms with Crippen LogP contribution in [0.3, 0.4) is 0 Å². The Morgan fingerprint density at radius 3 is 2.44 bits per heavy atom. The van der Waals surface area contributed by atoms with Gasteiger partial charge in [-0.25, -0.2) is 4.39 Å². The Bertz CT molecular complexity index is 425. The molecule has 1 atom stereocenters. The number of aliphatic hydroxyl groups excluding tert-OH is 2. The van der Waals surface area contributed by atoms with Crippen LogP contribution in [0.5, 0.6) is 0 Å². The molecule has 1 aromatic carbocycles. The summed E-state index contributed by atoms with van der Waals surface area (Å²) in [6.07, 6.45) is -5.82. The van der Waals surface area contributed by atoms with Gasteiger partial charge < -0.3 is 15.5 Å². The van der Waals surface area contributed by atoms with Crippen molar-refractivity contribution < 1.29 is 27.8 Å². The first kappa shape index (κ1) is 15.2. The zero-order valence-corrected chi connectivity index (χ0v) is 10.5. The average Bonchev–Trinajstić information content (AvgIpc) is 2.28. The first-order valence-corrected chi connectivity index (χ1v) is 5.64. The highest BCUT2D eigenvalue weighted by atomic mass is 79.9.